The van der Waals surface area contributed by atoms with Crippen molar-refractivity contribution in [2.24, 2.45) is 0 Å². The standard InChI is InChI=1S/C12H22N2O3S/c1-11-5-4-7-13(9-11)18(16,17)14-8-3-2-6-12(14)10-15/h5,12,15H,2-4,6-10H2,1H3. The topological polar surface area (TPSA) is 60.9 Å². The molecule has 0 aromatic carbocycles. The third-order valence-corrected chi connectivity index (χ3v) is 5.74. The Morgan fingerprint density at radius 2 is 2.17 bits per heavy atom. The summed E-state index contributed by atoms with van der Waals surface area (Å²) >= 11 is 0. The number of aliphatic hydroxyl groups is 1. The van der Waals surface area contributed by atoms with Crippen LogP contribution in [0.4, 0.5) is 0 Å². The van der Waals surface area contributed by atoms with Crippen LogP contribution in [0, 0.1) is 0 Å². The molecule has 0 radical (unpaired) electrons. The van der Waals surface area contributed by atoms with Crippen LogP contribution in [0.2, 0.25) is 0 Å². The number of hydrogen-bond acceptors (Lipinski definition) is 3. The quantitative estimate of drug-likeness (QED) is 0.772. The minimum absolute atomic E-state index is 0.0815. The monoisotopic (exact) mass is 274 g/mol. The van der Waals surface area contributed by atoms with Crippen molar-refractivity contribution in [3.05, 3.63) is 11.6 Å². The zero-order valence-corrected chi connectivity index (χ0v) is 11.7. The lowest BCUT2D eigenvalue weighted by Crippen LogP contribution is -2.52. The molecular formula is C12H22N2O3S. The van der Waals surface area contributed by atoms with E-state index in [9.17, 15) is 13.5 Å². The van der Waals surface area contributed by atoms with Crippen LogP contribution in [-0.2, 0) is 10.2 Å². The van der Waals surface area contributed by atoms with Crippen LogP contribution in [0.15, 0.2) is 11.6 Å². The lowest BCUT2D eigenvalue weighted by atomic mass is 10.1. The van der Waals surface area contributed by atoms with E-state index in [4.69, 9.17) is 0 Å². The first-order chi connectivity index (χ1) is 8.55. The summed E-state index contributed by atoms with van der Waals surface area (Å²) in [6, 6.07) is -0.241. The minimum Gasteiger partial charge on any atom is -0.395 e. The Bertz CT molecular complexity index is 419. The van der Waals surface area contributed by atoms with E-state index in [2.05, 4.69) is 6.08 Å². The third-order valence-electron chi connectivity index (χ3n) is 3.70. The van der Waals surface area contributed by atoms with Crippen molar-refractivity contribution in [1.29, 1.82) is 0 Å². The zero-order valence-electron chi connectivity index (χ0n) is 10.9. The Kier molecular flexibility index (Phi) is 4.42. The predicted molar refractivity (Wildman–Crippen MR) is 70.3 cm³/mol. The molecule has 0 aliphatic carbocycles. The molecule has 0 aromatic rings. The number of hydrogen-bond donors (Lipinski definition) is 1. The summed E-state index contributed by atoms with van der Waals surface area (Å²) in [5.74, 6) is 0. The Morgan fingerprint density at radius 1 is 1.39 bits per heavy atom. The molecule has 1 unspecified atom stereocenters. The third kappa shape index (κ3) is 2.77. The van der Waals surface area contributed by atoms with Crippen LogP contribution >= 0.6 is 0 Å². The molecular weight excluding hydrogens is 252 g/mol. The van der Waals surface area contributed by atoms with E-state index in [1.165, 1.54) is 8.61 Å². The highest BCUT2D eigenvalue weighted by Crippen LogP contribution is 2.24. The predicted octanol–water partition coefficient (Wildman–Crippen LogP) is 0.730. The van der Waals surface area contributed by atoms with E-state index in [0.29, 0.717) is 19.6 Å². The van der Waals surface area contributed by atoms with Crippen molar-refractivity contribution >= 4 is 10.2 Å². The Labute approximate surface area is 109 Å². The van der Waals surface area contributed by atoms with E-state index in [1.807, 2.05) is 6.92 Å². The highest BCUT2D eigenvalue weighted by Gasteiger charge is 2.36. The Morgan fingerprint density at radius 3 is 2.83 bits per heavy atom. The van der Waals surface area contributed by atoms with Gasteiger partial charge in [-0.25, -0.2) is 0 Å². The summed E-state index contributed by atoms with van der Waals surface area (Å²) in [6.07, 6.45) is 5.52. The SMILES string of the molecule is CC1=CCCN(S(=O)(=O)N2CCCCC2CO)C1. The average Bonchev–Trinajstić information content (AvgIpc) is 2.38. The van der Waals surface area contributed by atoms with Crippen LogP contribution in [0.1, 0.15) is 32.6 Å². The number of nitrogens with zero attached hydrogens (tertiary/aromatic N) is 2. The molecule has 1 saturated heterocycles. The fourth-order valence-corrected chi connectivity index (χ4v) is 4.59. The molecule has 18 heavy (non-hydrogen) atoms. The van der Waals surface area contributed by atoms with Gasteiger partial charge in [-0.15, -0.1) is 0 Å². The maximum atomic E-state index is 12.6. The van der Waals surface area contributed by atoms with Crippen LogP contribution in [0.3, 0.4) is 0 Å². The second-order valence-corrected chi connectivity index (χ2v) is 7.00. The zero-order chi connectivity index (χ0) is 13.2. The lowest BCUT2D eigenvalue weighted by molar-refractivity contribution is 0.148. The van der Waals surface area contributed by atoms with Gasteiger partial charge in [-0.3, -0.25) is 0 Å². The Hall–Kier alpha value is -0.430. The minimum atomic E-state index is -3.41. The van der Waals surface area contributed by atoms with Gasteiger partial charge in [0.15, 0.2) is 0 Å². The van der Waals surface area contributed by atoms with E-state index >= 15 is 0 Å². The van der Waals surface area contributed by atoms with Crippen LogP contribution in [0.5, 0.6) is 0 Å². The van der Waals surface area contributed by atoms with Gasteiger partial charge in [0.25, 0.3) is 10.2 Å². The highest BCUT2D eigenvalue weighted by atomic mass is 32.2. The number of piperidine rings is 1. The summed E-state index contributed by atoms with van der Waals surface area (Å²) in [6.45, 7) is 3.45. The van der Waals surface area contributed by atoms with Gasteiger partial charge in [-0.05, 0) is 26.2 Å². The van der Waals surface area contributed by atoms with Crippen LogP contribution in [-0.4, -0.2) is 54.4 Å². The smallest absolute Gasteiger partial charge is 0.282 e. The molecule has 0 aromatic heterocycles. The van der Waals surface area contributed by atoms with Gasteiger partial charge >= 0.3 is 0 Å². The van der Waals surface area contributed by atoms with Crippen molar-refractivity contribution in [2.75, 3.05) is 26.2 Å². The molecule has 0 saturated carbocycles. The molecule has 2 aliphatic heterocycles. The average molecular weight is 274 g/mol. The van der Waals surface area contributed by atoms with Gasteiger partial charge in [0.05, 0.1) is 6.61 Å². The maximum Gasteiger partial charge on any atom is 0.282 e. The molecule has 104 valence electrons. The van der Waals surface area contributed by atoms with Crippen LogP contribution < -0.4 is 0 Å². The first-order valence-electron chi connectivity index (χ1n) is 6.59. The van der Waals surface area contributed by atoms with Crippen molar-refractivity contribution in [3.8, 4) is 0 Å². The summed E-state index contributed by atoms with van der Waals surface area (Å²) in [5, 5.41) is 9.34. The molecule has 0 spiro atoms. The van der Waals surface area contributed by atoms with E-state index in [0.717, 1.165) is 31.3 Å². The van der Waals surface area contributed by atoms with Gasteiger partial charge in [0, 0.05) is 25.7 Å². The van der Waals surface area contributed by atoms with Gasteiger partial charge in [-0.1, -0.05) is 18.1 Å². The lowest BCUT2D eigenvalue weighted by Gasteiger charge is -2.38. The second-order valence-electron chi connectivity index (χ2n) is 5.12. The molecule has 0 bridgehead atoms. The van der Waals surface area contributed by atoms with Crippen molar-refractivity contribution < 1.29 is 13.5 Å². The first-order valence-corrected chi connectivity index (χ1v) is 7.99. The van der Waals surface area contributed by atoms with Gasteiger partial charge in [0.2, 0.25) is 0 Å². The number of rotatable bonds is 3. The molecule has 2 rings (SSSR count). The molecule has 2 aliphatic rings. The molecule has 5 nitrogen and oxygen atoms in total. The largest absolute Gasteiger partial charge is 0.395 e. The first kappa shape index (κ1) is 14.0. The molecule has 1 N–H and O–H groups in total. The van der Waals surface area contributed by atoms with Crippen molar-refractivity contribution in [3.63, 3.8) is 0 Å². The fourth-order valence-electron chi connectivity index (χ4n) is 2.68. The van der Waals surface area contributed by atoms with Crippen molar-refractivity contribution in [1.82, 2.24) is 8.61 Å². The summed E-state index contributed by atoms with van der Waals surface area (Å²) in [5.41, 5.74) is 1.10. The Balaban J connectivity index is 2.16. The summed E-state index contributed by atoms with van der Waals surface area (Å²) in [7, 11) is -3.41. The summed E-state index contributed by atoms with van der Waals surface area (Å²) in [4.78, 5) is 0. The molecule has 0 amide bonds. The number of aliphatic hydroxyl groups excluding tert-OH is 1. The van der Waals surface area contributed by atoms with E-state index in [-0.39, 0.29) is 12.6 Å². The highest BCUT2D eigenvalue weighted by molar-refractivity contribution is 7.86. The van der Waals surface area contributed by atoms with Gasteiger partial charge in [-0.2, -0.15) is 17.0 Å². The fraction of sp³-hybridized carbons (Fsp3) is 0.833. The van der Waals surface area contributed by atoms with Crippen molar-refractivity contribution in [2.45, 2.75) is 38.6 Å². The van der Waals surface area contributed by atoms with Crippen LogP contribution in [0.25, 0.3) is 0 Å². The molecule has 6 heteroatoms. The molecule has 1 fully saturated rings. The molecule has 1 atom stereocenters. The maximum absolute atomic E-state index is 12.6. The molecule has 2 heterocycles. The summed E-state index contributed by atoms with van der Waals surface area (Å²) < 4.78 is 28.2. The normalized spacial score (nSPS) is 28.1. The van der Waals surface area contributed by atoms with E-state index in [1.54, 1.807) is 0 Å². The van der Waals surface area contributed by atoms with Gasteiger partial charge < -0.3 is 5.11 Å². The van der Waals surface area contributed by atoms with E-state index < -0.39 is 10.2 Å². The second kappa shape index (κ2) is 5.69. The van der Waals surface area contributed by atoms with Gasteiger partial charge in [0.1, 0.15) is 0 Å².